The molecule has 110 valence electrons. The smallest absolute Gasteiger partial charge is 0.0602 e. The van der Waals surface area contributed by atoms with Gasteiger partial charge in [0, 0.05) is 44.3 Å². The molecule has 0 radical (unpaired) electrons. The zero-order valence-electron chi connectivity index (χ0n) is 12.0. The molecule has 4 heteroatoms. The molecule has 2 saturated carbocycles. The molecule has 0 aromatic carbocycles. The molecule has 0 aromatic rings. The van der Waals surface area contributed by atoms with Gasteiger partial charge in [0.05, 0.1) is 6.61 Å². The molecule has 1 heterocycles. The van der Waals surface area contributed by atoms with Crippen LogP contribution in [-0.2, 0) is 0 Å². The van der Waals surface area contributed by atoms with Crippen LogP contribution >= 0.6 is 0 Å². The Morgan fingerprint density at radius 3 is 2.16 bits per heavy atom. The number of aliphatic hydroxyl groups excluding tert-OH is 1. The standard InChI is InChI=1S/C15H29N3O/c16-15(12-5-6-12)14(11-19)18-9-7-17(8-10-18)13-3-1-2-4-13/h12-15,19H,1-11,16H2. The highest BCUT2D eigenvalue weighted by Gasteiger charge is 2.37. The molecular weight excluding hydrogens is 238 g/mol. The molecule has 0 spiro atoms. The van der Waals surface area contributed by atoms with Crippen LogP contribution in [0.3, 0.4) is 0 Å². The largest absolute Gasteiger partial charge is 0.395 e. The third-order valence-electron chi connectivity index (χ3n) is 5.46. The Labute approximate surface area is 116 Å². The monoisotopic (exact) mass is 267 g/mol. The number of hydrogen-bond acceptors (Lipinski definition) is 4. The van der Waals surface area contributed by atoms with Gasteiger partial charge < -0.3 is 10.8 Å². The number of piperazine rings is 1. The van der Waals surface area contributed by atoms with Crippen molar-refractivity contribution in [2.24, 2.45) is 11.7 Å². The van der Waals surface area contributed by atoms with E-state index in [1.807, 2.05) is 0 Å². The van der Waals surface area contributed by atoms with Gasteiger partial charge in [0.1, 0.15) is 0 Å². The second-order valence-electron chi connectivity index (χ2n) is 6.67. The van der Waals surface area contributed by atoms with Crippen LogP contribution in [-0.4, -0.2) is 65.8 Å². The van der Waals surface area contributed by atoms with E-state index in [1.54, 1.807) is 0 Å². The number of aliphatic hydroxyl groups is 1. The molecule has 2 atom stereocenters. The first kappa shape index (κ1) is 13.8. The van der Waals surface area contributed by atoms with Gasteiger partial charge in [-0.25, -0.2) is 0 Å². The molecule has 1 aliphatic heterocycles. The van der Waals surface area contributed by atoms with Crippen molar-refractivity contribution < 1.29 is 5.11 Å². The lowest BCUT2D eigenvalue weighted by molar-refractivity contribution is 0.0355. The highest BCUT2D eigenvalue weighted by Crippen LogP contribution is 2.34. The summed E-state index contributed by atoms with van der Waals surface area (Å²) in [5.41, 5.74) is 6.31. The van der Waals surface area contributed by atoms with Gasteiger partial charge in [0.25, 0.3) is 0 Å². The predicted octanol–water partition coefficient (Wildman–Crippen LogP) is 0.645. The Morgan fingerprint density at radius 2 is 1.63 bits per heavy atom. The maximum absolute atomic E-state index is 9.67. The van der Waals surface area contributed by atoms with Gasteiger partial charge in [-0.2, -0.15) is 0 Å². The fourth-order valence-corrected chi connectivity index (χ4v) is 3.98. The van der Waals surface area contributed by atoms with E-state index in [2.05, 4.69) is 9.80 Å². The van der Waals surface area contributed by atoms with Gasteiger partial charge in [-0.1, -0.05) is 12.8 Å². The van der Waals surface area contributed by atoms with Gasteiger partial charge in [0.2, 0.25) is 0 Å². The Morgan fingerprint density at radius 1 is 1.00 bits per heavy atom. The van der Waals surface area contributed by atoms with E-state index in [9.17, 15) is 5.11 Å². The van der Waals surface area contributed by atoms with Crippen LogP contribution in [0, 0.1) is 5.92 Å². The number of rotatable bonds is 5. The first-order valence-electron chi connectivity index (χ1n) is 8.14. The van der Waals surface area contributed by atoms with Crippen molar-refractivity contribution in [3.8, 4) is 0 Å². The van der Waals surface area contributed by atoms with E-state index in [-0.39, 0.29) is 18.7 Å². The first-order valence-corrected chi connectivity index (χ1v) is 8.14. The van der Waals surface area contributed by atoms with E-state index in [0.717, 1.165) is 19.1 Å². The van der Waals surface area contributed by atoms with Crippen LogP contribution in [0.4, 0.5) is 0 Å². The zero-order valence-corrected chi connectivity index (χ0v) is 12.0. The normalized spacial score (nSPS) is 30.6. The van der Waals surface area contributed by atoms with Gasteiger partial charge >= 0.3 is 0 Å². The Kier molecular flexibility index (Phi) is 4.42. The molecule has 3 aliphatic rings. The molecule has 2 aliphatic carbocycles. The van der Waals surface area contributed by atoms with Crippen molar-refractivity contribution in [1.29, 1.82) is 0 Å². The maximum Gasteiger partial charge on any atom is 0.0602 e. The third-order valence-corrected chi connectivity index (χ3v) is 5.46. The SMILES string of the molecule is NC(C1CC1)C(CO)N1CCN(C2CCCC2)CC1. The summed E-state index contributed by atoms with van der Waals surface area (Å²) in [7, 11) is 0. The summed E-state index contributed by atoms with van der Waals surface area (Å²) in [5.74, 6) is 0.671. The van der Waals surface area contributed by atoms with Crippen LogP contribution < -0.4 is 5.73 Å². The summed E-state index contributed by atoms with van der Waals surface area (Å²) in [6.07, 6.45) is 8.14. The molecule has 3 fully saturated rings. The number of nitrogens with zero attached hydrogens (tertiary/aromatic N) is 2. The fraction of sp³-hybridized carbons (Fsp3) is 1.00. The van der Waals surface area contributed by atoms with Crippen LogP contribution in [0.15, 0.2) is 0 Å². The van der Waals surface area contributed by atoms with E-state index >= 15 is 0 Å². The van der Waals surface area contributed by atoms with Crippen molar-refractivity contribution in [2.75, 3.05) is 32.8 Å². The summed E-state index contributed by atoms with van der Waals surface area (Å²) >= 11 is 0. The quantitative estimate of drug-likeness (QED) is 0.768. The Bertz CT molecular complexity index is 281. The highest BCUT2D eigenvalue weighted by molar-refractivity contribution is 4.95. The molecule has 0 aromatic heterocycles. The van der Waals surface area contributed by atoms with Crippen molar-refractivity contribution in [3.63, 3.8) is 0 Å². The van der Waals surface area contributed by atoms with Gasteiger partial charge in [-0.15, -0.1) is 0 Å². The fourth-order valence-electron chi connectivity index (χ4n) is 3.98. The van der Waals surface area contributed by atoms with Crippen LogP contribution in [0.2, 0.25) is 0 Å². The number of nitrogens with two attached hydrogens (primary N) is 1. The molecule has 4 nitrogen and oxygen atoms in total. The maximum atomic E-state index is 9.67. The van der Waals surface area contributed by atoms with E-state index in [4.69, 9.17) is 5.73 Å². The lowest BCUT2D eigenvalue weighted by Crippen LogP contribution is -2.58. The van der Waals surface area contributed by atoms with Crippen LogP contribution in [0.25, 0.3) is 0 Å². The average molecular weight is 267 g/mol. The minimum Gasteiger partial charge on any atom is -0.395 e. The first-order chi connectivity index (χ1) is 9.29. The molecule has 2 unspecified atom stereocenters. The molecule has 3 rings (SSSR count). The molecule has 19 heavy (non-hydrogen) atoms. The van der Waals surface area contributed by atoms with Crippen molar-refractivity contribution >= 4 is 0 Å². The highest BCUT2D eigenvalue weighted by atomic mass is 16.3. The minimum atomic E-state index is 0.183. The van der Waals surface area contributed by atoms with Crippen molar-refractivity contribution in [1.82, 2.24) is 9.80 Å². The third kappa shape index (κ3) is 3.13. The average Bonchev–Trinajstić information content (AvgIpc) is 3.16. The summed E-state index contributed by atoms with van der Waals surface area (Å²) in [6.45, 7) is 4.72. The summed E-state index contributed by atoms with van der Waals surface area (Å²) in [5, 5.41) is 9.67. The molecule has 1 saturated heterocycles. The second kappa shape index (κ2) is 6.08. The lowest BCUT2D eigenvalue weighted by Gasteiger charge is -2.42. The molecule has 0 bridgehead atoms. The van der Waals surface area contributed by atoms with E-state index in [1.165, 1.54) is 51.6 Å². The molecule has 3 N–H and O–H groups in total. The van der Waals surface area contributed by atoms with Crippen molar-refractivity contribution in [2.45, 2.75) is 56.7 Å². The van der Waals surface area contributed by atoms with Crippen LogP contribution in [0.1, 0.15) is 38.5 Å². The summed E-state index contributed by atoms with van der Waals surface area (Å²) < 4.78 is 0. The minimum absolute atomic E-state index is 0.183. The molecule has 0 amide bonds. The predicted molar refractivity (Wildman–Crippen MR) is 77.0 cm³/mol. The topological polar surface area (TPSA) is 52.7 Å². The van der Waals surface area contributed by atoms with Gasteiger partial charge in [-0.05, 0) is 31.6 Å². The van der Waals surface area contributed by atoms with Crippen molar-refractivity contribution in [3.05, 3.63) is 0 Å². The summed E-state index contributed by atoms with van der Waals surface area (Å²) in [4.78, 5) is 5.11. The van der Waals surface area contributed by atoms with Gasteiger partial charge in [-0.3, -0.25) is 9.80 Å². The number of hydrogen-bond donors (Lipinski definition) is 2. The summed E-state index contributed by atoms with van der Waals surface area (Å²) in [6, 6.07) is 1.22. The van der Waals surface area contributed by atoms with Crippen LogP contribution in [0.5, 0.6) is 0 Å². The van der Waals surface area contributed by atoms with Gasteiger partial charge in [0.15, 0.2) is 0 Å². The van der Waals surface area contributed by atoms with E-state index in [0.29, 0.717) is 5.92 Å². The van der Waals surface area contributed by atoms with E-state index < -0.39 is 0 Å². The lowest BCUT2D eigenvalue weighted by atomic mass is 10.0. The zero-order chi connectivity index (χ0) is 13.2. The Balaban J connectivity index is 1.50. The Hall–Kier alpha value is -0.160. The molecular formula is C15H29N3O. The second-order valence-corrected chi connectivity index (χ2v) is 6.67.